The van der Waals surface area contributed by atoms with Gasteiger partial charge in [-0.2, -0.15) is 0 Å². The molecule has 32 heavy (non-hydrogen) atoms. The number of rotatable bonds is 9. The quantitative estimate of drug-likeness (QED) is 0.588. The van der Waals surface area contributed by atoms with Crippen LogP contribution < -0.4 is 4.74 Å². The Morgan fingerprint density at radius 2 is 1.78 bits per heavy atom. The third kappa shape index (κ3) is 6.53. The first kappa shape index (κ1) is 22.7. The molecule has 2 saturated heterocycles. The van der Waals surface area contributed by atoms with Gasteiger partial charge in [0.25, 0.3) is 5.91 Å². The van der Waals surface area contributed by atoms with E-state index in [4.69, 9.17) is 9.47 Å². The Bertz CT molecular complexity index is 849. The summed E-state index contributed by atoms with van der Waals surface area (Å²) >= 11 is 0. The molecule has 2 aromatic rings. The molecular weight excluding hydrogens is 407 g/mol. The molecule has 0 aliphatic carbocycles. The molecule has 172 valence electrons. The number of nitrogens with zero attached hydrogens (tertiary/aromatic N) is 2. The average Bonchev–Trinajstić information content (AvgIpc) is 3.34. The third-order valence-corrected chi connectivity index (χ3v) is 6.44. The van der Waals surface area contributed by atoms with E-state index in [-0.39, 0.29) is 24.4 Å². The van der Waals surface area contributed by atoms with Crippen molar-refractivity contribution in [2.45, 2.75) is 38.3 Å². The molecule has 6 heteroatoms. The monoisotopic (exact) mass is 440 g/mol. The number of hydrogen-bond donors (Lipinski definition) is 0. The Balaban J connectivity index is 1.29. The van der Waals surface area contributed by atoms with Crippen molar-refractivity contribution >= 4 is 5.91 Å². The highest BCUT2D eigenvalue weighted by Crippen LogP contribution is 2.22. The molecule has 2 fully saturated rings. The predicted molar refractivity (Wildman–Crippen MR) is 122 cm³/mol. The van der Waals surface area contributed by atoms with E-state index in [9.17, 15) is 9.18 Å². The minimum Gasteiger partial charge on any atom is -0.484 e. The molecule has 0 saturated carbocycles. The molecule has 4 rings (SSSR count). The van der Waals surface area contributed by atoms with Crippen LogP contribution in [0.4, 0.5) is 4.39 Å². The lowest BCUT2D eigenvalue weighted by atomic mass is 9.95. The Morgan fingerprint density at radius 3 is 2.50 bits per heavy atom. The number of amides is 1. The lowest BCUT2D eigenvalue weighted by Gasteiger charge is -2.35. The molecule has 5 nitrogen and oxygen atoms in total. The Labute approximate surface area is 190 Å². The van der Waals surface area contributed by atoms with Crippen molar-refractivity contribution in [3.8, 4) is 5.75 Å². The molecule has 0 N–H and O–H groups in total. The van der Waals surface area contributed by atoms with E-state index in [0.717, 1.165) is 57.5 Å². The van der Waals surface area contributed by atoms with Gasteiger partial charge in [-0.3, -0.25) is 9.69 Å². The zero-order valence-corrected chi connectivity index (χ0v) is 18.6. The normalized spacial score (nSPS) is 19.7. The summed E-state index contributed by atoms with van der Waals surface area (Å²) in [6.07, 6.45) is 4.19. The van der Waals surface area contributed by atoms with E-state index in [1.165, 1.54) is 6.07 Å². The summed E-state index contributed by atoms with van der Waals surface area (Å²) in [5.41, 5.74) is 0.749. The summed E-state index contributed by atoms with van der Waals surface area (Å²) in [6.45, 7) is 4.66. The summed E-state index contributed by atoms with van der Waals surface area (Å²) in [5.74, 6) is 1.02. The van der Waals surface area contributed by atoms with Gasteiger partial charge in [-0.25, -0.2) is 4.39 Å². The van der Waals surface area contributed by atoms with Gasteiger partial charge in [0.2, 0.25) is 0 Å². The Kier molecular flexibility index (Phi) is 8.13. The summed E-state index contributed by atoms with van der Waals surface area (Å²) in [7, 11) is 0. The van der Waals surface area contributed by atoms with Gasteiger partial charge in [-0.1, -0.05) is 36.4 Å². The van der Waals surface area contributed by atoms with E-state index in [0.29, 0.717) is 24.8 Å². The highest BCUT2D eigenvalue weighted by Gasteiger charge is 2.27. The number of carbonyl (C=O) groups excluding carboxylic acids is 1. The maximum absolute atomic E-state index is 14.0. The number of para-hydroxylation sites is 1. The van der Waals surface area contributed by atoms with E-state index in [2.05, 4.69) is 4.90 Å². The van der Waals surface area contributed by atoms with Crippen molar-refractivity contribution < 1.29 is 18.7 Å². The number of ether oxygens (including phenoxy) is 2. The molecule has 0 bridgehead atoms. The molecule has 1 atom stereocenters. The average molecular weight is 441 g/mol. The van der Waals surface area contributed by atoms with Gasteiger partial charge in [0.05, 0.1) is 6.10 Å². The van der Waals surface area contributed by atoms with Gasteiger partial charge in [0.15, 0.2) is 6.61 Å². The summed E-state index contributed by atoms with van der Waals surface area (Å²) < 4.78 is 25.5. The van der Waals surface area contributed by atoms with Gasteiger partial charge in [0, 0.05) is 31.8 Å². The third-order valence-electron chi connectivity index (χ3n) is 6.44. The highest BCUT2D eigenvalue weighted by atomic mass is 19.1. The van der Waals surface area contributed by atoms with E-state index < -0.39 is 0 Å². The first-order valence-electron chi connectivity index (χ1n) is 11.7. The van der Waals surface area contributed by atoms with Crippen LogP contribution in [-0.2, 0) is 16.1 Å². The van der Waals surface area contributed by atoms with E-state index in [1.54, 1.807) is 6.07 Å². The number of likely N-dealkylation sites (tertiary alicyclic amines) is 1. The largest absolute Gasteiger partial charge is 0.484 e. The maximum Gasteiger partial charge on any atom is 0.260 e. The first-order chi connectivity index (χ1) is 15.7. The molecule has 0 radical (unpaired) electrons. The Hall–Kier alpha value is -2.44. The summed E-state index contributed by atoms with van der Waals surface area (Å²) in [6, 6.07) is 16.5. The van der Waals surface area contributed by atoms with Gasteiger partial charge in [0.1, 0.15) is 11.6 Å². The van der Waals surface area contributed by atoms with Crippen LogP contribution in [-0.4, -0.2) is 61.2 Å². The second-order valence-electron chi connectivity index (χ2n) is 8.85. The van der Waals surface area contributed by atoms with E-state index in [1.807, 2.05) is 47.4 Å². The van der Waals surface area contributed by atoms with Crippen LogP contribution in [0.1, 0.15) is 31.2 Å². The fourth-order valence-electron chi connectivity index (χ4n) is 4.57. The van der Waals surface area contributed by atoms with Gasteiger partial charge < -0.3 is 14.4 Å². The standard InChI is InChI=1S/C26H33FN2O3/c27-25-11-5-4-7-22(25)18-28-14-12-21(13-15-28)17-29(19-24-10-6-16-31-24)26(30)20-32-23-8-2-1-3-9-23/h1-5,7-9,11,21,24H,6,10,12-20H2/t24-/m0/s1. The van der Waals surface area contributed by atoms with Crippen molar-refractivity contribution in [2.24, 2.45) is 5.92 Å². The van der Waals surface area contributed by atoms with Crippen molar-refractivity contribution in [3.05, 3.63) is 66.0 Å². The lowest BCUT2D eigenvalue weighted by molar-refractivity contribution is -0.136. The van der Waals surface area contributed by atoms with Crippen molar-refractivity contribution in [1.82, 2.24) is 9.80 Å². The van der Waals surface area contributed by atoms with Crippen LogP contribution in [0, 0.1) is 11.7 Å². The lowest BCUT2D eigenvalue weighted by Crippen LogP contribution is -2.45. The summed E-state index contributed by atoms with van der Waals surface area (Å²) in [4.78, 5) is 17.3. The molecule has 0 aromatic heterocycles. The molecule has 2 aliphatic heterocycles. The van der Waals surface area contributed by atoms with Crippen molar-refractivity contribution in [2.75, 3.05) is 39.4 Å². The smallest absolute Gasteiger partial charge is 0.260 e. The SMILES string of the molecule is O=C(COc1ccccc1)N(CC1CCN(Cc2ccccc2F)CC1)C[C@@H]1CCCO1. The van der Waals surface area contributed by atoms with Crippen molar-refractivity contribution in [3.63, 3.8) is 0 Å². The number of carbonyl (C=O) groups is 1. The zero-order valence-electron chi connectivity index (χ0n) is 18.6. The number of hydrogen-bond acceptors (Lipinski definition) is 4. The molecule has 0 spiro atoms. The first-order valence-corrected chi connectivity index (χ1v) is 11.7. The van der Waals surface area contributed by atoms with Crippen LogP contribution in [0.25, 0.3) is 0 Å². The van der Waals surface area contributed by atoms with Crippen LogP contribution in [0.3, 0.4) is 0 Å². The number of halogens is 1. The van der Waals surface area contributed by atoms with Gasteiger partial charge in [-0.05, 0) is 62.9 Å². The molecule has 2 aromatic carbocycles. The van der Waals surface area contributed by atoms with Crippen molar-refractivity contribution in [1.29, 1.82) is 0 Å². The molecule has 1 amide bonds. The van der Waals surface area contributed by atoms with Crippen LogP contribution in [0.2, 0.25) is 0 Å². The minimum atomic E-state index is -0.138. The van der Waals surface area contributed by atoms with Crippen LogP contribution in [0.5, 0.6) is 5.75 Å². The Morgan fingerprint density at radius 1 is 1.03 bits per heavy atom. The van der Waals surface area contributed by atoms with Crippen LogP contribution >= 0.6 is 0 Å². The maximum atomic E-state index is 14.0. The fraction of sp³-hybridized carbons (Fsp3) is 0.500. The molecular formula is C26H33FN2O3. The number of piperidine rings is 1. The van der Waals surface area contributed by atoms with Gasteiger partial charge in [-0.15, -0.1) is 0 Å². The topological polar surface area (TPSA) is 42.0 Å². The minimum absolute atomic E-state index is 0.0122. The zero-order chi connectivity index (χ0) is 22.2. The van der Waals surface area contributed by atoms with Gasteiger partial charge >= 0.3 is 0 Å². The second kappa shape index (κ2) is 11.4. The molecule has 0 unspecified atom stereocenters. The number of benzene rings is 2. The predicted octanol–water partition coefficient (Wildman–Crippen LogP) is 4.12. The van der Waals surface area contributed by atoms with Crippen LogP contribution in [0.15, 0.2) is 54.6 Å². The fourth-order valence-corrected chi connectivity index (χ4v) is 4.57. The second-order valence-corrected chi connectivity index (χ2v) is 8.85. The molecule has 2 heterocycles. The highest BCUT2D eigenvalue weighted by molar-refractivity contribution is 5.77. The van der Waals surface area contributed by atoms with E-state index >= 15 is 0 Å². The molecule has 2 aliphatic rings. The summed E-state index contributed by atoms with van der Waals surface area (Å²) in [5, 5.41) is 0.